The van der Waals surface area contributed by atoms with Gasteiger partial charge >= 0.3 is 0 Å². The Balaban J connectivity index is 1.65. The normalized spacial score (nSPS) is 11.2. The maximum atomic E-state index is 5.63. The Morgan fingerprint density at radius 3 is 2.90 bits per heavy atom. The lowest BCUT2D eigenvalue weighted by atomic mass is 10.1. The third-order valence-electron chi connectivity index (χ3n) is 3.42. The predicted molar refractivity (Wildman–Crippen MR) is 84.0 cm³/mol. The monoisotopic (exact) mass is 286 g/mol. The SMILES string of the molecule is CCc1ccc2nc(CCCc3csc(N)n3)[nH]c2c1. The van der Waals surface area contributed by atoms with E-state index in [-0.39, 0.29) is 0 Å². The Kier molecular flexibility index (Phi) is 3.69. The van der Waals surface area contributed by atoms with Crippen LogP contribution in [0.3, 0.4) is 0 Å². The third kappa shape index (κ3) is 2.82. The van der Waals surface area contributed by atoms with Gasteiger partial charge in [0, 0.05) is 11.8 Å². The summed E-state index contributed by atoms with van der Waals surface area (Å²) in [6.07, 6.45) is 3.97. The van der Waals surface area contributed by atoms with Gasteiger partial charge < -0.3 is 10.7 Å². The van der Waals surface area contributed by atoms with Crippen molar-refractivity contribution in [1.29, 1.82) is 0 Å². The van der Waals surface area contributed by atoms with Crippen LogP contribution < -0.4 is 5.73 Å². The van der Waals surface area contributed by atoms with E-state index in [0.717, 1.165) is 48.2 Å². The molecule has 0 bridgehead atoms. The first kappa shape index (κ1) is 13.1. The summed E-state index contributed by atoms with van der Waals surface area (Å²) in [5.41, 5.74) is 10.2. The molecule has 0 saturated carbocycles. The Hall–Kier alpha value is -1.88. The van der Waals surface area contributed by atoms with E-state index in [1.54, 1.807) is 0 Å². The molecule has 0 saturated heterocycles. The second-order valence-corrected chi connectivity index (χ2v) is 5.81. The van der Waals surface area contributed by atoms with Gasteiger partial charge in [0.2, 0.25) is 0 Å². The number of fused-ring (bicyclic) bond motifs is 1. The highest BCUT2D eigenvalue weighted by atomic mass is 32.1. The summed E-state index contributed by atoms with van der Waals surface area (Å²) in [6, 6.07) is 6.42. The molecule has 0 aliphatic carbocycles. The number of thiazole rings is 1. The molecule has 0 atom stereocenters. The quantitative estimate of drug-likeness (QED) is 0.756. The molecule has 3 N–H and O–H groups in total. The molecule has 4 nitrogen and oxygen atoms in total. The average Bonchev–Trinajstić information content (AvgIpc) is 3.03. The minimum Gasteiger partial charge on any atom is -0.375 e. The molecular formula is C15H18N4S. The Bertz CT molecular complexity index is 714. The fraction of sp³-hybridized carbons (Fsp3) is 0.333. The van der Waals surface area contributed by atoms with Crippen LogP contribution in [-0.4, -0.2) is 15.0 Å². The summed E-state index contributed by atoms with van der Waals surface area (Å²) >= 11 is 1.50. The molecule has 0 radical (unpaired) electrons. The van der Waals surface area contributed by atoms with E-state index in [0.29, 0.717) is 5.13 Å². The van der Waals surface area contributed by atoms with Crippen LogP contribution in [0.1, 0.15) is 30.4 Å². The van der Waals surface area contributed by atoms with Crippen molar-refractivity contribution >= 4 is 27.5 Å². The van der Waals surface area contributed by atoms with Crippen molar-refractivity contribution in [2.24, 2.45) is 0 Å². The molecule has 20 heavy (non-hydrogen) atoms. The zero-order valence-corrected chi connectivity index (χ0v) is 12.3. The van der Waals surface area contributed by atoms with Crippen LogP contribution in [0.4, 0.5) is 5.13 Å². The molecule has 3 aromatic rings. The van der Waals surface area contributed by atoms with Crippen LogP contribution in [0.5, 0.6) is 0 Å². The molecule has 2 heterocycles. The Labute approximate surface area is 122 Å². The molecule has 0 spiro atoms. The van der Waals surface area contributed by atoms with Crippen molar-refractivity contribution in [2.75, 3.05) is 5.73 Å². The van der Waals surface area contributed by atoms with Crippen molar-refractivity contribution in [3.8, 4) is 0 Å². The van der Waals surface area contributed by atoms with Crippen LogP contribution >= 0.6 is 11.3 Å². The molecule has 5 heteroatoms. The van der Waals surface area contributed by atoms with Crippen LogP contribution in [-0.2, 0) is 19.3 Å². The summed E-state index contributed by atoms with van der Waals surface area (Å²) < 4.78 is 0. The maximum Gasteiger partial charge on any atom is 0.180 e. The minimum absolute atomic E-state index is 0.649. The lowest BCUT2D eigenvalue weighted by Gasteiger charge is -1.95. The second-order valence-electron chi connectivity index (χ2n) is 4.92. The van der Waals surface area contributed by atoms with Gasteiger partial charge in [0.05, 0.1) is 16.7 Å². The molecule has 104 valence electrons. The number of aryl methyl sites for hydroxylation is 3. The highest BCUT2D eigenvalue weighted by Gasteiger charge is 2.04. The number of rotatable bonds is 5. The number of nitrogens with two attached hydrogens (primary N) is 1. The van der Waals surface area contributed by atoms with Crippen LogP contribution in [0.25, 0.3) is 11.0 Å². The first-order chi connectivity index (χ1) is 9.74. The van der Waals surface area contributed by atoms with E-state index in [1.807, 2.05) is 5.38 Å². The molecule has 3 rings (SSSR count). The average molecular weight is 286 g/mol. The Morgan fingerprint density at radius 2 is 2.15 bits per heavy atom. The van der Waals surface area contributed by atoms with Gasteiger partial charge in [-0.3, -0.25) is 0 Å². The lowest BCUT2D eigenvalue weighted by molar-refractivity contribution is 0.774. The lowest BCUT2D eigenvalue weighted by Crippen LogP contribution is -1.93. The summed E-state index contributed by atoms with van der Waals surface area (Å²) in [5, 5.41) is 2.68. The highest BCUT2D eigenvalue weighted by Crippen LogP contribution is 2.16. The van der Waals surface area contributed by atoms with Crippen molar-refractivity contribution in [3.05, 3.63) is 40.7 Å². The minimum atomic E-state index is 0.649. The first-order valence-electron chi connectivity index (χ1n) is 6.92. The van der Waals surface area contributed by atoms with Crippen LogP contribution in [0, 0.1) is 0 Å². The topological polar surface area (TPSA) is 67.6 Å². The van der Waals surface area contributed by atoms with Crippen LogP contribution in [0.2, 0.25) is 0 Å². The smallest absolute Gasteiger partial charge is 0.180 e. The number of H-pyrrole nitrogens is 1. The number of nitrogens with zero attached hydrogens (tertiary/aromatic N) is 2. The van der Waals surface area contributed by atoms with Crippen molar-refractivity contribution in [3.63, 3.8) is 0 Å². The fourth-order valence-corrected chi connectivity index (χ4v) is 2.92. The van der Waals surface area contributed by atoms with Gasteiger partial charge in [0.15, 0.2) is 5.13 Å². The standard InChI is InChI=1S/C15H18N4S/c1-2-10-6-7-12-13(8-10)19-14(18-12)5-3-4-11-9-20-15(16)17-11/h6-9H,2-5H2,1H3,(H2,16,17)(H,18,19). The van der Waals surface area contributed by atoms with Crippen LogP contribution in [0.15, 0.2) is 23.6 Å². The first-order valence-corrected chi connectivity index (χ1v) is 7.80. The number of nitrogens with one attached hydrogen (secondary N) is 1. The van der Waals surface area contributed by atoms with Crippen molar-refractivity contribution < 1.29 is 0 Å². The second kappa shape index (κ2) is 5.63. The number of anilines is 1. The third-order valence-corrected chi connectivity index (χ3v) is 4.14. The molecular weight excluding hydrogens is 268 g/mol. The number of nitrogen functional groups attached to an aromatic ring is 1. The zero-order valence-electron chi connectivity index (χ0n) is 11.5. The van der Waals surface area contributed by atoms with E-state index in [1.165, 1.54) is 16.9 Å². The largest absolute Gasteiger partial charge is 0.375 e. The van der Waals surface area contributed by atoms with E-state index >= 15 is 0 Å². The molecule has 0 aliphatic heterocycles. The summed E-state index contributed by atoms with van der Waals surface area (Å²) in [6.45, 7) is 2.16. The number of imidazole rings is 1. The molecule has 2 aromatic heterocycles. The molecule has 0 unspecified atom stereocenters. The van der Waals surface area contributed by atoms with Gasteiger partial charge in [-0.1, -0.05) is 13.0 Å². The van der Waals surface area contributed by atoms with Gasteiger partial charge in [-0.2, -0.15) is 0 Å². The van der Waals surface area contributed by atoms with E-state index in [4.69, 9.17) is 5.73 Å². The van der Waals surface area contributed by atoms with Crippen molar-refractivity contribution in [2.45, 2.75) is 32.6 Å². The molecule has 0 amide bonds. The number of aromatic nitrogens is 3. The predicted octanol–water partition coefficient (Wildman–Crippen LogP) is 3.34. The van der Waals surface area contributed by atoms with Gasteiger partial charge in [0.25, 0.3) is 0 Å². The summed E-state index contributed by atoms with van der Waals surface area (Å²) in [5.74, 6) is 1.05. The summed E-state index contributed by atoms with van der Waals surface area (Å²) in [4.78, 5) is 12.3. The number of aromatic amines is 1. The molecule has 1 aromatic carbocycles. The van der Waals surface area contributed by atoms with E-state index in [9.17, 15) is 0 Å². The van der Waals surface area contributed by atoms with E-state index in [2.05, 4.69) is 40.1 Å². The zero-order chi connectivity index (χ0) is 13.9. The van der Waals surface area contributed by atoms with Crippen molar-refractivity contribution in [1.82, 2.24) is 15.0 Å². The summed E-state index contributed by atoms with van der Waals surface area (Å²) in [7, 11) is 0. The van der Waals surface area contributed by atoms with Gasteiger partial charge in [-0.05, 0) is 37.0 Å². The maximum absolute atomic E-state index is 5.63. The van der Waals surface area contributed by atoms with Gasteiger partial charge in [-0.25, -0.2) is 9.97 Å². The fourth-order valence-electron chi connectivity index (χ4n) is 2.32. The van der Waals surface area contributed by atoms with E-state index < -0.39 is 0 Å². The van der Waals surface area contributed by atoms with Gasteiger partial charge in [0.1, 0.15) is 5.82 Å². The Morgan fingerprint density at radius 1 is 1.25 bits per heavy atom. The number of hydrogen-bond acceptors (Lipinski definition) is 4. The molecule has 0 fully saturated rings. The van der Waals surface area contributed by atoms with Gasteiger partial charge in [-0.15, -0.1) is 11.3 Å². The molecule has 0 aliphatic rings. The highest BCUT2D eigenvalue weighted by molar-refractivity contribution is 7.13. The number of benzene rings is 1. The number of hydrogen-bond donors (Lipinski definition) is 2.